The highest BCUT2D eigenvalue weighted by Crippen LogP contribution is 2.23. The van der Waals surface area contributed by atoms with Crippen molar-refractivity contribution in [3.8, 4) is 0 Å². The minimum Gasteiger partial charge on any atom is -0.399 e. The van der Waals surface area contributed by atoms with Crippen LogP contribution in [0.4, 0.5) is 17.1 Å². The first-order valence-corrected chi connectivity index (χ1v) is 5.01. The second-order valence-corrected chi connectivity index (χ2v) is 4.04. The van der Waals surface area contributed by atoms with Crippen molar-refractivity contribution in [3.05, 3.63) is 18.2 Å². The van der Waals surface area contributed by atoms with Crippen molar-refractivity contribution in [2.75, 3.05) is 50.6 Å². The van der Waals surface area contributed by atoms with Gasteiger partial charge in [-0.15, -0.1) is 0 Å². The summed E-state index contributed by atoms with van der Waals surface area (Å²) in [5.74, 6) is 0. The number of benzene rings is 1. The standard InChI is InChI=1S/C11H20N4/c1-14(2)6-7-15(3)11-5-4-9(12)8-10(11)13/h4-5,8H,6-7,12-13H2,1-3H3. The van der Waals surface area contributed by atoms with Gasteiger partial charge in [-0.2, -0.15) is 0 Å². The van der Waals surface area contributed by atoms with Crippen LogP contribution >= 0.6 is 0 Å². The summed E-state index contributed by atoms with van der Waals surface area (Å²) in [4.78, 5) is 4.28. The summed E-state index contributed by atoms with van der Waals surface area (Å²) < 4.78 is 0. The van der Waals surface area contributed by atoms with Crippen molar-refractivity contribution in [1.82, 2.24) is 4.90 Å². The van der Waals surface area contributed by atoms with Crippen molar-refractivity contribution in [2.45, 2.75) is 0 Å². The highest BCUT2D eigenvalue weighted by Gasteiger charge is 2.05. The van der Waals surface area contributed by atoms with E-state index in [4.69, 9.17) is 11.5 Å². The van der Waals surface area contributed by atoms with Crippen molar-refractivity contribution in [2.24, 2.45) is 0 Å². The molecule has 1 rings (SSSR count). The molecule has 84 valence electrons. The van der Waals surface area contributed by atoms with Gasteiger partial charge in [0.25, 0.3) is 0 Å². The van der Waals surface area contributed by atoms with Crippen LogP contribution in [0.15, 0.2) is 18.2 Å². The molecule has 0 aliphatic rings. The summed E-state index contributed by atoms with van der Waals surface area (Å²) in [6.45, 7) is 1.95. The molecule has 0 aliphatic carbocycles. The zero-order valence-electron chi connectivity index (χ0n) is 9.70. The molecule has 0 radical (unpaired) electrons. The number of nitrogen functional groups attached to an aromatic ring is 2. The van der Waals surface area contributed by atoms with Crippen LogP contribution in [0.25, 0.3) is 0 Å². The molecule has 0 atom stereocenters. The fourth-order valence-corrected chi connectivity index (χ4v) is 1.39. The second-order valence-electron chi connectivity index (χ2n) is 4.04. The molecule has 0 aromatic heterocycles. The molecule has 1 aromatic rings. The topological polar surface area (TPSA) is 58.5 Å². The van der Waals surface area contributed by atoms with Gasteiger partial charge in [0.2, 0.25) is 0 Å². The fraction of sp³-hybridized carbons (Fsp3) is 0.455. The molecule has 0 heterocycles. The lowest BCUT2D eigenvalue weighted by Gasteiger charge is -2.23. The highest BCUT2D eigenvalue weighted by molar-refractivity contribution is 5.71. The van der Waals surface area contributed by atoms with Crippen LogP contribution in [0.2, 0.25) is 0 Å². The average Bonchev–Trinajstić information content (AvgIpc) is 2.14. The molecule has 4 nitrogen and oxygen atoms in total. The molecule has 0 unspecified atom stereocenters. The summed E-state index contributed by atoms with van der Waals surface area (Å²) in [6.07, 6.45) is 0. The third kappa shape index (κ3) is 3.32. The lowest BCUT2D eigenvalue weighted by Crippen LogP contribution is -2.28. The smallest absolute Gasteiger partial charge is 0.0599 e. The molecule has 4 N–H and O–H groups in total. The monoisotopic (exact) mass is 208 g/mol. The van der Waals surface area contributed by atoms with Gasteiger partial charge in [-0.1, -0.05) is 0 Å². The molecule has 0 bridgehead atoms. The minimum atomic E-state index is 0.706. The Hall–Kier alpha value is -1.42. The Bertz CT molecular complexity index is 322. The summed E-state index contributed by atoms with van der Waals surface area (Å²) in [6, 6.07) is 5.62. The van der Waals surface area contributed by atoms with Crippen LogP contribution in [0.1, 0.15) is 0 Å². The summed E-state index contributed by atoms with van der Waals surface area (Å²) in [5.41, 5.74) is 14.0. The van der Waals surface area contributed by atoms with Crippen molar-refractivity contribution in [3.63, 3.8) is 0 Å². The number of nitrogens with zero attached hydrogens (tertiary/aromatic N) is 2. The van der Waals surface area contributed by atoms with Gasteiger partial charge in [0.15, 0.2) is 0 Å². The molecule has 0 amide bonds. The maximum absolute atomic E-state index is 5.89. The Labute approximate surface area is 91.5 Å². The first kappa shape index (κ1) is 11.7. The van der Waals surface area contributed by atoms with E-state index in [1.54, 1.807) is 6.07 Å². The molecule has 0 spiro atoms. The normalized spacial score (nSPS) is 10.7. The Kier molecular flexibility index (Phi) is 3.80. The molecular formula is C11H20N4. The van der Waals surface area contributed by atoms with Gasteiger partial charge < -0.3 is 21.3 Å². The van der Waals surface area contributed by atoms with Crippen LogP contribution in [-0.4, -0.2) is 39.1 Å². The number of hydrogen-bond acceptors (Lipinski definition) is 4. The Morgan fingerprint density at radius 3 is 2.27 bits per heavy atom. The number of anilines is 3. The van der Waals surface area contributed by atoms with E-state index in [0.717, 1.165) is 24.5 Å². The molecule has 0 saturated heterocycles. The van der Waals surface area contributed by atoms with Crippen LogP contribution in [0, 0.1) is 0 Å². The highest BCUT2D eigenvalue weighted by atomic mass is 15.2. The van der Waals surface area contributed by atoms with Crippen molar-refractivity contribution < 1.29 is 0 Å². The van der Waals surface area contributed by atoms with Gasteiger partial charge >= 0.3 is 0 Å². The zero-order valence-corrected chi connectivity index (χ0v) is 9.70. The molecule has 15 heavy (non-hydrogen) atoms. The fourth-order valence-electron chi connectivity index (χ4n) is 1.39. The first-order chi connectivity index (χ1) is 7.00. The summed E-state index contributed by atoms with van der Waals surface area (Å²) in [7, 11) is 6.14. The van der Waals surface area contributed by atoms with Gasteiger partial charge in [-0.05, 0) is 32.3 Å². The molecule has 4 heteroatoms. The lowest BCUT2D eigenvalue weighted by atomic mass is 10.2. The third-order valence-corrected chi connectivity index (χ3v) is 2.35. The van der Waals surface area contributed by atoms with E-state index >= 15 is 0 Å². The molecular weight excluding hydrogens is 188 g/mol. The average molecular weight is 208 g/mol. The maximum atomic E-state index is 5.89. The first-order valence-electron chi connectivity index (χ1n) is 5.01. The molecule has 0 fully saturated rings. The molecule has 0 aliphatic heterocycles. The Morgan fingerprint density at radius 2 is 1.73 bits per heavy atom. The van der Waals surface area contributed by atoms with E-state index in [-0.39, 0.29) is 0 Å². The maximum Gasteiger partial charge on any atom is 0.0599 e. The van der Waals surface area contributed by atoms with Gasteiger partial charge in [0.05, 0.1) is 11.4 Å². The Balaban J connectivity index is 2.69. The van der Waals surface area contributed by atoms with Crippen LogP contribution in [0.5, 0.6) is 0 Å². The summed E-state index contributed by atoms with van der Waals surface area (Å²) in [5, 5.41) is 0. The predicted molar refractivity (Wildman–Crippen MR) is 67.1 cm³/mol. The van der Waals surface area contributed by atoms with E-state index in [1.165, 1.54) is 0 Å². The van der Waals surface area contributed by atoms with Crippen molar-refractivity contribution >= 4 is 17.1 Å². The van der Waals surface area contributed by atoms with Gasteiger partial charge in [0, 0.05) is 25.8 Å². The zero-order chi connectivity index (χ0) is 11.4. The van der Waals surface area contributed by atoms with Gasteiger partial charge in [-0.3, -0.25) is 0 Å². The minimum absolute atomic E-state index is 0.706. The van der Waals surface area contributed by atoms with E-state index in [0.29, 0.717) is 5.69 Å². The number of hydrogen-bond donors (Lipinski definition) is 2. The SMILES string of the molecule is CN(C)CCN(C)c1ccc(N)cc1N. The van der Waals surface area contributed by atoms with Gasteiger partial charge in [-0.25, -0.2) is 0 Å². The Morgan fingerprint density at radius 1 is 1.07 bits per heavy atom. The largest absolute Gasteiger partial charge is 0.399 e. The quantitative estimate of drug-likeness (QED) is 0.720. The predicted octanol–water partition coefficient (Wildman–Crippen LogP) is 0.849. The lowest BCUT2D eigenvalue weighted by molar-refractivity contribution is 0.416. The van der Waals surface area contributed by atoms with E-state index in [9.17, 15) is 0 Å². The molecule has 1 aromatic carbocycles. The van der Waals surface area contributed by atoms with Gasteiger partial charge in [0.1, 0.15) is 0 Å². The van der Waals surface area contributed by atoms with E-state index in [2.05, 4.69) is 23.9 Å². The van der Waals surface area contributed by atoms with E-state index in [1.807, 2.05) is 19.2 Å². The van der Waals surface area contributed by atoms with Crippen LogP contribution < -0.4 is 16.4 Å². The van der Waals surface area contributed by atoms with E-state index < -0.39 is 0 Å². The number of nitrogens with two attached hydrogens (primary N) is 2. The number of likely N-dealkylation sites (N-methyl/N-ethyl adjacent to an activating group) is 2. The number of rotatable bonds is 4. The van der Waals surface area contributed by atoms with Crippen molar-refractivity contribution in [1.29, 1.82) is 0 Å². The van der Waals surface area contributed by atoms with Crippen LogP contribution in [-0.2, 0) is 0 Å². The van der Waals surface area contributed by atoms with Crippen LogP contribution in [0.3, 0.4) is 0 Å². The third-order valence-electron chi connectivity index (χ3n) is 2.35. The molecule has 0 saturated carbocycles. The summed E-state index contributed by atoms with van der Waals surface area (Å²) >= 11 is 0. The second kappa shape index (κ2) is 4.89.